The number of amides is 1. The van der Waals surface area contributed by atoms with Gasteiger partial charge in [0.1, 0.15) is 22.2 Å². The topological polar surface area (TPSA) is 102 Å². The summed E-state index contributed by atoms with van der Waals surface area (Å²) in [6, 6.07) is 18.3. The van der Waals surface area contributed by atoms with Crippen LogP contribution in [-0.2, 0) is 23.1 Å². The van der Waals surface area contributed by atoms with Gasteiger partial charge in [-0.05, 0) is 61.5 Å². The highest BCUT2D eigenvalue weighted by molar-refractivity contribution is 7.92. The number of hydrogen-bond acceptors (Lipinski definition) is 6. The van der Waals surface area contributed by atoms with E-state index in [0.717, 1.165) is 5.56 Å². The molecule has 0 saturated heterocycles. The first-order chi connectivity index (χ1) is 16.4. The van der Waals surface area contributed by atoms with E-state index in [-0.39, 0.29) is 35.2 Å². The summed E-state index contributed by atoms with van der Waals surface area (Å²) in [6.07, 6.45) is 3.05. The molecule has 0 saturated carbocycles. The monoisotopic (exact) mass is 480 g/mol. The molecule has 4 rings (SSSR count). The zero-order valence-corrected chi connectivity index (χ0v) is 19.5. The Morgan fingerprint density at radius 1 is 0.941 bits per heavy atom. The van der Waals surface area contributed by atoms with E-state index in [9.17, 15) is 13.2 Å². The van der Waals surface area contributed by atoms with Crippen LogP contribution in [-0.4, -0.2) is 26.3 Å². The molecule has 0 aliphatic carbocycles. The molecule has 34 heavy (non-hydrogen) atoms. The van der Waals surface area contributed by atoms with E-state index in [1.54, 1.807) is 48.5 Å². The van der Waals surface area contributed by atoms with Crippen molar-refractivity contribution in [1.29, 1.82) is 0 Å². The summed E-state index contributed by atoms with van der Waals surface area (Å²) in [6.45, 7) is 2.28. The molecule has 4 aromatic rings. The number of nitrogens with zero attached hydrogens (tertiary/aromatic N) is 1. The second-order valence-corrected chi connectivity index (χ2v) is 9.31. The minimum Gasteiger partial charge on any atom is -0.495 e. The van der Waals surface area contributed by atoms with Gasteiger partial charge in [-0.1, -0.05) is 17.7 Å². The van der Waals surface area contributed by atoms with Crippen molar-refractivity contribution in [1.82, 2.24) is 4.90 Å². The predicted molar refractivity (Wildman–Crippen MR) is 126 cm³/mol. The number of benzene rings is 2. The zero-order chi connectivity index (χ0) is 24.1. The highest BCUT2D eigenvalue weighted by Crippen LogP contribution is 2.28. The number of aryl methyl sites for hydroxylation is 1. The molecule has 0 unspecified atom stereocenters. The molecule has 0 aliphatic heterocycles. The van der Waals surface area contributed by atoms with E-state index < -0.39 is 10.0 Å². The average Bonchev–Trinajstić information content (AvgIpc) is 3.54. The molecular formula is C25H24N2O6S. The van der Waals surface area contributed by atoms with Crippen molar-refractivity contribution < 1.29 is 26.8 Å². The molecule has 176 valence electrons. The van der Waals surface area contributed by atoms with Crippen LogP contribution in [0.4, 0.5) is 5.69 Å². The molecule has 8 nitrogen and oxygen atoms in total. The lowest BCUT2D eigenvalue weighted by atomic mass is 10.1. The predicted octanol–water partition coefficient (Wildman–Crippen LogP) is 4.83. The second kappa shape index (κ2) is 9.88. The van der Waals surface area contributed by atoms with E-state index in [2.05, 4.69) is 4.72 Å². The van der Waals surface area contributed by atoms with Crippen molar-refractivity contribution in [2.75, 3.05) is 11.8 Å². The second-order valence-electron chi connectivity index (χ2n) is 7.66. The van der Waals surface area contributed by atoms with Crippen LogP contribution >= 0.6 is 0 Å². The standard InChI is InChI=1S/C25H24N2O6S/c1-18-7-10-20(11-8-18)26-34(29,30)24-15-19(9-12-23(24)31-2)25(28)27(16-21-5-3-13-32-21)17-22-6-4-14-33-22/h3-15,26H,16-17H2,1-2H3. The van der Waals surface area contributed by atoms with Crippen molar-refractivity contribution in [2.24, 2.45) is 0 Å². The number of hydrogen-bond donors (Lipinski definition) is 1. The molecule has 9 heteroatoms. The summed E-state index contributed by atoms with van der Waals surface area (Å²) in [4.78, 5) is 14.8. The molecule has 0 atom stereocenters. The van der Waals surface area contributed by atoms with Gasteiger partial charge in [0, 0.05) is 11.3 Å². The van der Waals surface area contributed by atoms with Crippen LogP contribution in [0.15, 0.2) is 93.0 Å². The molecule has 0 bridgehead atoms. The summed E-state index contributed by atoms with van der Waals surface area (Å²) in [7, 11) is -2.66. The maximum Gasteiger partial charge on any atom is 0.265 e. The molecule has 1 N–H and O–H groups in total. The van der Waals surface area contributed by atoms with Gasteiger partial charge in [0.15, 0.2) is 0 Å². The van der Waals surface area contributed by atoms with Gasteiger partial charge in [0.2, 0.25) is 0 Å². The first-order valence-electron chi connectivity index (χ1n) is 10.5. The van der Waals surface area contributed by atoms with Crippen molar-refractivity contribution in [2.45, 2.75) is 24.9 Å². The van der Waals surface area contributed by atoms with Gasteiger partial charge in [-0.2, -0.15) is 0 Å². The third-order valence-corrected chi connectivity index (χ3v) is 6.55. The Morgan fingerprint density at radius 3 is 2.09 bits per heavy atom. The van der Waals surface area contributed by atoms with Crippen LogP contribution in [0.25, 0.3) is 0 Å². The third-order valence-electron chi connectivity index (χ3n) is 5.14. The number of carbonyl (C=O) groups is 1. The van der Waals surface area contributed by atoms with Crippen LogP contribution in [0.1, 0.15) is 27.4 Å². The summed E-state index contributed by atoms with van der Waals surface area (Å²) in [5.41, 5.74) is 1.59. The number of furan rings is 2. The van der Waals surface area contributed by atoms with Gasteiger partial charge >= 0.3 is 0 Å². The Balaban J connectivity index is 1.66. The zero-order valence-electron chi connectivity index (χ0n) is 18.7. The Morgan fingerprint density at radius 2 is 1.56 bits per heavy atom. The number of carbonyl (C=O) groups excluding carboxylic acids is 1. The van der Waals surface area contributed by atoms with Crippen LogP contribution in [0.3, 0.4) is 0 Å². The highest BCUT2D eigenvalue weighted by atomic mass is 32.2. The van der Waals surface area contributed by atoms with E-state index >= 15 is 0 Å². The van der Waals surface area contributed by atoms with Crippen LogP contribution in [0.2, 0.25) is 0 Å². The van der Waals surface area contributed by atoms with Gasteiger partial charge in [-0.3, -0.25) is 9.52 Å². The van der Waals surface area contributed by atoms with Crippen molar-refractivity contribution in [3.8, 4) is 5.75 Å². The van der Waals surface area contributed by atoms with Gasteiger partial charge in [0.05, 0.1) is 32.7 Å². The van der Waals surface area contributed by atoms with Gasteiger partial charge in [-0.15, -0.1) is 0 Å². The molecule has 0 fully saturated rings. The SMILES string of the molecule is COc1ccc(C(=O)N(Cc2ccco2)Cc2ccco2)cc1S(=O)(=O)Nc1ccc(C)cc1. The molecule has 0 radical (unpaired) electrons. The highest BCUT2D eigenvalue weighted by Gasteiger charge is 2.25. The third kappa shape index (κ3) is 5.32. The normalized spacial score (nSPS) is 11.2. The Hall–Kier alpha value is -3.98. The average molecular weight is 481 g/mol. The summed E-state index contributed by atoms with van der Waals surface area (Å²) < 4.78 is 45.0. The van der Waals surface area contributed by atoms with Crippen LogP contribution in [0.5, 0.6) is 5.75 Å². The molecule has 2 aromatic heterocycles. The smallest absolute Gasteiger partial charge is 0.265 e. The fraction of sp³-hybridized carbons (Fsp3) is 0.160. The number of rotatable bonds is 9. The lowest BCUT2D eigenvalue weighted by Gasteiger charge is -2.21. The van der Waals surface area contributed by atoms with E-state index in [1.807, 2.05) is 6.92 Å². The minimum atomic E-state index is -4.03. The Kier molecular flexibility index (Phi) is 6.74. The maximum atomic E-state index is 13.5. The fourth-order valence-electron chi connectivity index (χ4n) is 3.41. The molecule has 0 spiro atoms. The minimum absolute atomic E-state index is 0.125. The molecule has 1 amide bonds. The molecule has 2 aromatic carbocycles. The van der Waals surface area contributed by atoms with Crippen LogP contribution < -0.4 is 9.46 Å². The molecule has 2 heterocycles. The van der Waals surface area contributed by atoms with E-state index in [1.165, 1.54) is 42.7 Å². The van der Waals surface area contributed by atoms with Crippen LogP contribution in [0, 0.1) is 6.92 Å². The summed E-state index contributed by atoms with van der Waals surface area (Å²) >= 11 is 0. The quantitative estimate of drug-likeness (QED) is 0.368. The van der Waals surface area contributed by atoms with Crippen molar-refractivity contribution in [3.63, 3.8) is 0 Å². The number of anilines is 1. The van der Waals surface area contributed by atoms with Gasteiger partial charge in [-0.25, -0.2) is 8.42 Å². The first kappa shape index (κ1) is 23.2. The first-order valence-corrected chi connectivity index (χ1v) is 12.0. The summed E-state index contributed by atoms with van der Waals surface area (Å²) in [5, 5.41) is 0. The van der Waals surface area contributed by atoms with E-state index in [0.29, 0.717) is 17.2 Å². The number of nitrogens with one attached hydrogen (secondary N) is 1. The maximum absolute atomic E-state index is 13.5. The van der Waals surface area contributed by atoms with Gasteiger partial charge in [0.25, 0.3) is 15.9 Å². The fourth-order valence-corrected chi connectivity index (χ4v) is 4.67. The lowest BCUT2D eigenvalue weighted by molar-refractivity contribution is 0.0704. The van der Waals surface area contributed by atoms with Crippen molar-refractivity contribution in [3.05, 3.63) is 102 Å². The van der Waals surface area contributed by atoms with E-state index in [4.69, 9.17) is 13.6 Å². The number of ether oxygens (including phenoxy) is 1. The summed E-state index contributed by atoms with van der Waals surface area (Å²) in [5.74, 6) is 0.909. The van der Waals surface area contributed by atoms with Gasteiger partial charge < -0.3 is 18.5 Å². The number of methoxy groups -OCH3 is 1. The Labute approximate surface area is 197 Å². The lowest BCUT2D eigenvalue weighted by Crippen LogP contribution is -2.30. The Bertz CT molecular complexity index is 1310. The molecular weight excluding hydrogens is 456 g/mol. The largest absolute Gasteiger partial charge is 0.495 e. The van der Waals surface area contributed by atoms with Crippen molar-refractivity contribution >= 4 is 21.6 Å². The number of sulfonamides is 1. The molecule has 0 aliphatic rings.